The predicted octanol–water partition coefficient (Wildman–Crippen LogP) is 3.91. The van der Waals surface area contributed by atoms with Crippen molar-refractivity contribution in [2.24, 2.45) is 0 Å². The number of nitrogens with zero attached hydrogens (tertiary/aromatic N) is 2. The lowest BCUT2D eigenvalue weighted by atomic mass is 10.1. The van der Waals surface area contributed by atoms with Crippen LogP contribution in [0.2, 0.25) is 5.15 Å². The highest BCUT2D eigenvalue weighted by molar-refractivity contribution is 6.30. The molecule has 2 nitrogen and oxygen atoms in total. The van der Waals surface area contributed by atoms with Gasteiger partial charge in [-0.05, 0) is 42.2 Å². The second-order valence-corrected chi connectivity index (χ2v) is 4.34. The summed E-state index contributed by atoms with van der Waals surface area (Å²) in [5, 5.41) is 10.2. The molecule has 0 fully saturated rings. The van der Waals surface area contributed by atoms with Crippen LogP contribution in [0.4, 0.5) is 0 Å². The lowest BCUT2D eigenvalue weighted by Gasteiger charge is -2.05. The number of nitriles is 1. The van der Waals surface area contributed by atoms with Crippen LogP contribution in [-0.2, 0) is 12.8 Å². The highest BCUT2D eigenvalue weighted by atomic mass is 35.5. The molecule has 1 heterocycles. The minimum atomic E-state index is 0.473. The molecular weight excluding hydrogens is 232 g/mol. The first-order chi connectivity index (χ1) is 8.24. The minimum absolute atomic E-state index is 0.473. The van der Waals surface area contributed by atoms with E-state index in [-0.39, 0.29) is 0 Å². The zero-order chi connectivity index (χ0) is 12.3. The van der Waals surface area contributed by atoms with E-state index < -0.39 is 0 Å². The van der Waals surface area contributed by atoms with Gasteiger partial charge in [-0.15, -0.1) is 0 Å². The molecule has 0 amide bonds. The third kappa shape index (κ3) is 2.57. The Morgan fingerprint density at radius 3 is 2.88 bits per heavy atom. The fraction of sp³-hybridized carbons (Fsp3) is 0.286. The van der Waals surface area contributed by atoms with Gasteiger partial charge in [0.2, 0.25) is 0 Å². The highest BCUT2D eigenvalue weighted by Gasteiger charge is 2.05. The summed E-state index contributed by atoms with van der Waals surface area (Å²) < 4.78 is 0. The van der Waals surface area contributed by atoms with Gasteiger partial charge in [0.05, 0.1) is 11.6 Å². The number of aryl methyl sites for hydroxylation is 2. The standard InChI is InChI=1S/C14H13ClN2/c1-2-10-5-6-13-12(8-10)9-11(4-3-7-16)14(15)17-13/h5-6,8-9H,2-4H2,1H3. The maximum atomic E-state index is 8.60. The maximum Gasteiger partial charge on any atom is 0.133 e. The van der Waals surface area contributed by atoms with E-state index in [1.807, 2.05) is 12.1 Å². The lowest BCUT2D eigenvalue weighted by Crippen LogP contribution is -1.91. The van der Waals surface area contributed by atoms with Gasteiger partial charge < -0.3 is 0 Å². The van der Waals surface area contributed by atoms with Crippen LogP contribution < -0.4 is 0 Å². The van der Waals surface area contributed by atoms with Crippen LogP contribution >= 0.6 is 11.6 Å². The van der Waals surface area contributed by atoms with Crippen molar-refractivity contribution in [2.45, 2.75) is 26.2 Å². The van der Waals surface area contributed by atoms with Crippen molar-refractivity contribution < 1.29 is 0 Å². The number of aromatic nitrogens is 1. The molecule has 2 rings (SSSR count). The van der Waals surface area contributed by atoms with E-state index in [9.17, 15) is 0 Å². The average molecular weight is 245 g/mol. The molecule has 3 heteroatoms. The van der Waals surface area contributed by atoms with Crippen molar-refractivity contribution in [2.75, 3.05) is 0 Å². The van der Waals surface area contributed by atoms with Gasteiger partial charge >= 0.3 is 0 Å². The number of fused-ring (bicyclic) bond motifs is 1. The van der Waals surface area contributed by atoms with Crippen LogP contribution in [0, 0.1) is 11.3 Å². The second kappa shape index (κ2) is 5.16. The maximum absolute atomic E-state index is 8.60. The topological polar surface area (TPSA) is 36.7 Å². The zero-order valence-electron chi connectivity index (χ0n) is 9.70. The van der Waals surface area contributed by atoms with Crippen LogP contribution in [0.15, 0.2) is 24.3 Å². The summed E-state index contributed by atoms with van der Waals surface area (Å²) in [6, 6.07) is 10.4. The Morgan fingerprint density at radius 2 is 2.18 bits per heavy atom. The number of halogens is 1. The van der Waals surface area contributed by atoms with E-state index in [1.54, 1.807) is 0 Å². The van der Waals surface area contributed by atoms with Gasteiger partial charge in [0, 0.05) is 11.8 Å². The molecule has 0 saturated heterocycles. The Morgan fingerprint density at radius 1 is 1.35 bits per heavy atom. The van der Waals surface area contributed by atoms with Gasteiger partial charge in [0.25, 0.3) is 0 Å². The van der Waals surface area contributed by atoms with E-state index in [4.69, 9.17) is 16.9 Å². The van der Waals surface area contributed by atoms with Crippen LogP contribution in [0.25, 0.3) is 10.9 Å². The van der Waals surface area contributed by atoms with E-state index in [1.165, 1.54) is 5.56 Å². The Balaban J connectivity index is 2.49. The monoisotopic (exact) mass is 244 g/mol. The zero-order valence-corrected chi connectivity index (χ0v) is 10.5. The molecule has 0 radical (unpaired) electrons. The largest absolute Gasteiger partial charge is 0.236 e. The molecule has 1 aromatic carbocycles. The molecule has 0 saturated carbocycles. The number of hydrogen-bond acceptors (Lipinski definition) is 2. The molecule has 0 aliphatic carbocycles. The summed E-state index contributed by atoms with van der Waals surface area (Å²) in [5.74, 6) is 0. The Kier molecular flexibility index (Phi) is 3.61. The third-order valence-electron chi connectivity index (χ3n) is 2.82. The number of rotatable bonds is 3. The molecule has 86 valence electrons. The molecule has 0 atom stereocenters. The first kappa shape index (κ1) is 11.9. The Bertz CT molecular complexity index is 585. The molecule has 17 heavy (non-hydrogen) atoms. The first-order valence-electron chi connectivity index (χ1n) is 5.69. The van der Waals surface area contributed by atoms with Crippen molar-refractivity contribution in [1.82, 2.24) is 4.98 Å². The van der Waals surface area contributed by atoms with Gasteiger partial charge in [0.15, 0.2) is 0 Å². The normalized spacial score (nSPS) is 10.4. The molecule has 0 spiro atoms. The van der Waals surface area contributed by atoms with Gasteiger partial charge in [-0.2, -0.15) is 5.26 Å². The van der Waals surface area contributed by atoms with Crippen molar-refractivity contribution in [1.29, 1.82) is 5.26 Å². The number of benzene rings is 1. The molecule has 2 aromatic rings. The fourth-order valence-electron chi connectivity index (χ4n) is 1.83. The van der Waals surface area contributed by atoms with Crippen LogP contribution in [0.5, 0.6) is 0 Å². The van der Waals surface area contributed by atoms with E-state index >= 15 is 0 Å². The minimum Gasteiger partial charge on any atom is -0.236 e. The SMILES string of the molecule is CCc1ccc2nc(Cl)c(CCC#N)cc2c1. The van der Waals surface area contributed by atoms with E-state index in [0.717, 1.165) is 22.9 Å². The van der Waals surface area contributed by atoms with Crippen LogP contribution in [0.3, 0.4) is 0 Å². The molecule has 0 bridgehead atoms. The summed E-state index contributed by atoms with van der Waals surface area (Å²) in [6.07, 6.45) is 2.14. The molecule has 0 N–H and O–H groups in total. The van der Waals surface area contributed by atoms with Crippen molar-refractivity contribution in [3.63, 3.8) is 0 Å². The summed E-state index contributed by atoms with van der Waals surface area (Å²) in [4.78, 5) is 4.36. The lowest BCUT2D eigenvalue weighted by molar-refractivity contribution is 1.00. The highest BCUT2D eigenvalue weighted by Crippen LogP contribution is 2.22. The van der Waals surface area contributed by atoms with Crippen LogP contribution in [0.1, 0.15) is 24.5 Å². The Labute approximate surface area is 106 Å². The molecule has 0 unspecified atom stereocenters. The third-order valence-corrected chi connectivity index (χ3v) is 3.15. The molecule has 0 aliphatic rings. The fourth-order valence-corrected chi connectivity index (χ4v) is 2.07. The van der Waals surface area contributed by atoms with Gasteiger partial charge in [-0.3, -0.25) is 0 Å². The molecular formula is C14H13ClN2. The van der Waals surface area contributed by atoms with E-state index in [0.29, 0.717) is 18.0 Å². The number of pyridine rings is 1. The first-order valence-corrected chi connectivity index (χ1v) is 6.07. The van der Waals surface area contributed by atoms with Crippen molar-refractivity contribution >= 4 is 22.5 Å². The smallest absolute Gasteiger partial charge is 0.133 e. The average Bonchev–Trinajstić information content (AvgIpc) is 2.35. The summed E-state index contributed by atoms with van der Waals surface area (Å²) in [7, 11) is 0. The summed E-state index contributed by atoms with van der Waals surface area (Å²) >= 11 is 6.09. The van der Waals surface area contributed by atoms with Crippen molar-refractivity contribution in [3.8, 4) is 6.07 Å². The predicted molar refractivity (Wildman–Crippen MR) is 70.1 cm³/mol. The molecule has 1 aromatic heterocycles. The summed E-state index contributed by atoms with van der Waals surface area (Å²) in [5.41, 5.74) is 3.15. The van der Waals surface area contributed by atoms with Crippen molar-refractivity contribution in [3.05, 3.63) is 40.5 Å². The molecule has 0 aliphatic heterocycles. The summed E-state index contributed by atoms with van der Waals surface area (Å²) in [6.45, 7) is 2.13. The van der Waals surface area contributed by atoms with Gasteiger partial charge in [0.1, 0.15) is 5.15 Å². The van der Waals surface area contributed by atoms with Gasteiger partial charge in [-0.25, -0.2) is 4.98 Å². The Hall–Kier alpha value is -1.59. The number of hydrogen-bond donors (Lipinski definition) is 0. The van der Waals surface area contributed by atoms with E-state index in [2.05, 4.69) is 30.1 Å². The van der Waals surface area contributed by atoms with Crippen LogP contribution in [-0.4, -0.2) is 4.98 Å². The quantitative estimate of drug-likeness (QED) is 0.768. The van der Waals surface area contributed by atoms with Gasteiger partial charge in [-0.1, -0.05) is 24.6 Å². The second-order valence-electron chi connectivity index (χ2n) is 3.98.